The summed E-state index contributed by atoms with van der Waals surface area (Å²) in [5.41, 5.74) is 2.70. The van der Waals surface area contributed by atoms with Crippen molar-refractivity contribution in [3.63, 3.8) is 0 Å². The SMILES string of the molecule is COC(=O)C1CCCc2ccccc2C1. The fraction of sp³-hybridized carbons (Fsp3) is 0.462. The zero-order valence-corrected chi connectivity index (χ0v) is 9.03. The summed E-state index contributed by atoms with van der Waals surface area (Å²) in [6, 6.07) is 8.39. The molecule has 0 saturated heterocycles. The van der Waals surface area contributed by atoms with Gasteiger partial charge in [-0.15, -0.1) is 0 Å². The van der Waals surface area contributed by atoms with Crippen LogP contribution in [-0.2, 0) is 22.4 Å². The lowest BCUT2D eigenvalue weighted by molar-refractivity contribution is -0.145. The Kier molecular flexibility index (Phi) is 3.05. The van der Waals surface area contributed by atoms with Crippen molar-refractivity contribution >= 4 is 5.97 Å². The Labute approximate surface area is 90.3 Å². The molecule has 0 aliphatic heterocycles. The third kappa shape index (κ3) is 2.20. The molecular formula is C13H16O2. The number of carbonyl (C=O) groups excluding carboxylic acids is 1. The van der Waals surface area contributed by atoms with Gasteiger partial charge in [-0.3, -0.25) is 4.79 Å². The van der Waals surface area contributed by atoms with Gasteiger partial charge in [0.2, 0.25) is 0 Å². The third-order valence-electron chi connectivity index (χ3n) is 3.12. The number of hydrogen-bond acceptors (Lipinski definition) is 2. The fourth-order valence-corrected chi connectivity index (χ4v) is 2.27. The summed E-state index contributed by atoms with van der Waals surface area (Å²) in [6.07, 6.45) is 3.95. The summed E-state index contributed by atoms with van der Waals surface area (Å²) in [5, 5.41) is 0. The maximum absolute atomic E-state index is 11.5. The molecule has 0 spiro atoms. The number of carbonyl (C=O) groups is 1. The Morgan fingerprint density at radius 3 is 2.80 bits per heavy atom. The van der Waals surface area contributed by atoms with Gasteiger partial charge in [0.05, 0.1) is 13.0 Å². The highest BCUT2D eigenvalue weighted by atomic mass is 16.5. The van der Waals surface area contributed by atoms with Crippen LogP contribution < -0.4 is 0 Å². The summed E-state index contributed by atoms with van der Waals surface area (Å²) in [5.74, 6) is -0.00893. The van der Waals surface area contributed by atoms with E-state index in [-0.39, 0.29) is 11.9 Å². The number of benzene rings is 1. The van der Waals surface area contributed by atoms with E-state index in [0.717, 1.165) is 25.7 Å². The quantitative estimate of drug-likeness (QED) is 0.518. The lowest BCUT2D eigenvalue weighted by atomic mass is 9.97. The lowest BCUT2D eigenvalue weighted by Crippen LogP contribution is -2.17. The van der Waals surface area contributed by atoms with Crippen LogP contribution in [0.25, 0.3) is 0 Å². The van der Waals surface area contributed by atoms with Gasteiger partial charge in [-0.05, 0) is 36.8 Å². The van der Waals surface area contributed by atoms with Gasteiger partial charge in [-0.2, -0.15) is 0 Å². The standard InChI is InChI=1S/C13H16O2/c1-15-13(14)12-8-4-7-10-5-2-3-6-11(10)9-12/h2-3,5-6,12H,4,7-9H2,1H3. The van der Waals surface area contributed by atoms with Crippen LogP contribution in [0.15, 0.2) is 24.3 Å². The monoisotopic (exact) mass is 204 g/mol. The van der Waals surface area contributed by atoms with E-state index in [2.05, 4.69) is 18.2 Å². The van der Waals surface area contributed by atoms with Crippen molar-refractivity contribution in [1.29, 1.82) is 0 Å². The highest BCUT2D eigenvalue weighted by molar-refractivity contribution is 5.72. The minimum absolute atomic E-state index is 0.0543. The van der Waals surface area contributed by atoms with Crippen LogP contribution in [0.3, 0.4) is 0 Å². The smallest absolute Gasteiger partial charge is 0.308 e. The Hall–Kier alpha value is -1.31. The zero-order chi connectivity index (χ0) is 10.7. The molecule has 2 rings (SSSR count). The van der Waals surface area contributed by atoms with Gasteiger partial charge >= 0.3 is 5.97 Å². The molecule has 80 valence electrons. The summed E-state index contributed by atoms with van der Waals surface area (Å²) < 4.78 is 4.82. The molecule has 1 atom stereocenters. The van der Waals surface area contributed by atoms with E-state index < -0.39 is 0 Å². The van der Waals surface area contributed by atoms with Gasteiger partial charge in [-0.25, -0.2) is 0 Å². The van der Waals surface area contributed by atoms with Gasteiger partial charge in [0.1, 0.15) is 0 Å². The maximum Gasteiger partial charge on any atom is 0.308 e. The molecule has 1 aromatic carbocycles. The Bertz CT molecular complexity index is 357. The molecule has 2 nitrogen and oxygen atoms in total. The van der Waals surface area contributed by atoms with Crippen LogP contribution in [-0.4, -0.2) is 13.1 Å². The average Bonchev–Trinajstić information content (AvgIpc) is 2.49. The molecule has 0 fully saturated rings. The molecule has 0 radical (unpaired) electrons. The van der Waals surface area contributed by atoms with Crippen molar-refractivity contribution in [2.45, 2.75) is 25.7 Å². The van der Waals surface area contributed by atoms with E-state index in [0.29, 0.717) is 0 Å². The molecule has 1 aliphatic carbocycles. The number of methoxy groups -OCH3 is 1. The van der Waals surface area contributed by atoms with Crippen LogP contribution in [0.5, 0.6) is 0 Å². The highest BCUT2D eigenvalue weighted by Crippen LogP contribution is 2.25. The normalized spacial score (nSPS) is 20.2. The van der Waals surface area contributed by atoms with Gasteiger partial charge in [0.25, 0.3) is 0 Å². The molecule has 15 heavy (non-hydrogen) atoms. The average molecular weight is 204 g/mol. The van der Waals surface area contributed by atoms with Crippen LogP contribution >= 0.6 is 0 Å². The van der Waals surface area contributed by atoms with E-state index >= 15 is 0 Å². The third-order valence-corrected chi connectivity index (χ3v) is 3.12. The first-order valence-electron chi connectivity index (χ1n) is 5.46. The highest BCUT2D eigenvalue weighted by Gasteiger charge is 2.22. The summed E-state index contributed by atoms with van der Waals surface area (Å²) in [7, 11) is 1.47. The van der Waals surface area contributed by atoms with Crippen molar-refractivity contribution in [2.75, 3.05) is 7.11 Å². The molecule has 1 aliphatic rings. The van der Waals surface area contributed by atoms with Crippen molar-refractivity contribution < 1.29 is 9.53 Å². The predicted octanol–water partition coefficient (Wildman–Crippen LogP) is 2.35. The van der Waals surface area contributed by atoms with E-state index in [1.165, 1.54) is 18.2 Å². The molecule has 0 heterocycles. The summed E-state index contributed by atoms with van der Waals surface area (Å²) in [4.78, 5) is 11.5. The molecule has 1 unspecified atom stereocenters. The minimum atomic E-state index is -0.0632. The topological polar surface area (TPSA) is 26.3 Å². The van der Waals surface area contributed by atoms with E-state index in [4.69, 9.17) is 4.74 Å². The predicted molar refractivity (Wildman–Crippen MR) is 58.6 cm³/mol. The minimum Gasteiger partial charge on any atom is -0.469 e. The number of fused-ring (bicyclic) bond motifs is 1. The second-order valence-electron chi connectivity index (χ2n) is 4.09. The summed E-state index contributed by atoms with van der Waals surface area (Å²) >= 11 is 0. The van der Waals surface area contributed by atoms with Crippen LogP contribution in [0.1, 0.15) is 24.0 Å². The lowest BCUT2D eigenvalue weighted by Gasteiger charge is -2.11. The van der Waals surface area contributed by atoms with Crippen molar-refractivity contribution in [3.8, 4) is 0 Å². The number of aryl methyl sites for hydroxylation is 1. The van der Waals surface area contributed by atoms with E-state index in [1.807, 2.05) is 6.07 Å². The largest absolute Gasteiger partial charge is 0.469 e. The Balaban J connectivity index is 2.21. The number of esters is 1. The number of ether oxygens (including phenoxy) is 1. The van der Waals surface area contributed by atoms with Crippen molar-refractivity contribution in [1.82, 2.24) is 0 Å². The van der Waals surface area contributed by atoms with Crippen LogP contribution in [0.4, 0.5) is 0 Å². The molecule has 0 amide bonds. The van der Waals surface area contributed by atoms with Crippen LogP contribution in [0.2, 0.25) is 0 Å². The van der Waals surface area contributed by atoms with Gasteiger partial charge in [0, 0.05) is 0 Å². The van der Waals surface area contributed by atoms with Gasteiger partial charge in [-0.1, -0.05) is 24.3 Å². The summed E-state index contributed by atoms with van der Waals surface area (Å²) in [6.45, 7) is 0. The zero-order valence-electron chi connectivity index (χ0n) is 9.03. The molecule has 0 saturated carbocycles. The van der Waals surface area contributed by atoms with Gasteiger partial charge < -0.3 is 4.74 Å². The molecule has 0 N–H and O–H groups in total. The molecule has 1 aromatic rings. The first kappa shape index (κ1) is 10.2. The Morgan fingerprint density at radius 2 is 2.07 bits per heavy atom. The first-order chi connectivity index (χ1) is 7.31. The molecule has 0 bridgehead atoms. The number of rotatable bonds is 1. The second kappa shape index (κ2) is 4.47. The van der Waals surface area contributed by atoms with E-state index in [9.17, 15) is 4.79 Å². The second-order valence-corrected chi connectivity index (χ2v) is 4.09. The van der Waals surface area contributed by atoms with Gasteiger partial charge in [0.15, 0.2) is 0 Å². The molecule has 0 aromatic heterocycles. The van der Waals surface area contributed by atoms with Crippen molar-refractivity contribution in [3.05, 3.63) is 35.4 Å². The molecule has 2 heteroatoms. The van der Waals surface area contributed by atoms with E-state index in [1.54, 1.807) is 0 Å². The first-order valence-corrected chi connectivity index (χ1v) is 5.46. The Morgan fingerprint density at radius 1 is 1.33 bits per heavy atom. The van der Waals surface area contributed by atoms with Crippen molar-refractivity contribution in [2.24, 2.45) is 5.92 Å². The maximum atomic E-state index is 11.5. The van der Waals surface area contributed by atoms with Crippen LogP contribution in [0, 0.1) is 5.92 Å². The number of hydrogen-bond donors (Lipinski definition) is 0. The molecular weight excluding hydrogens is 188 g/mol. The fourth-order valence-electron chi connectivity index (χ4n) is 2.27.